The Balaban J connectivity index is 1.95. The molecule has 1 N–H and O–H groups in total. The van der Waals surface area contributed by atoms with Crippen LogP contribution in [0.5, 0.6) is 5.75 Å². The molecule has 0 radical (unpaired) electrons. The Kier molecular flexibility index (Phi) is 5.84. The normalized spacial score (nSPS) is 11.8. The lowest BCUT2D eigenvalue weighted by Crippen LogP contribution is -2.34. The van der Waals surface area contributed by atoms with Crippen molar-refractivity contribution >= 4 is 17.5 Å². The van der Waals surface area contributed by atoms with Gasteiger partial charge < -0.3 is 10.1 Å². The van der Waals surface area contributed by atoms with Gasteiger partial charge in [-0.2, -0.15) is 0 Å². The molecule has 0 fully saturated rings. The van der Waals surface area contributed by atoms with Gasteiger partial charge in [0.25, 0.3) is 5.91 Å². The average molecular weight is 318 g/mol. The Morgan fingerprint density at radius 2 is 1.95 bits per heavy atom. The third-order valence-electron chi connectivity index (χ3n) is 3.24. The van der Waals surface area contributed by atoms with E-state index in [2.05, 4.69) is 5.32 Å². The van der Waals surface area contributed by atoms with Crippen LogP contribution in [-0.2, 0) is 6.42 Å². The van der Waals surface area contributed by atoms with E-state index in [1.807, 2.05) is 50.2 Å². The molecule has 1 unspecified atom stereocenters. The van der Waals surface area contributed by atoms with Gasteiger partial charge in [0.15, 0.2) is 0 Å². The summed E-state index contributed by atoms with van der Waals surface area (Å²) in [6.07, 6.45) is 0.758. The first-order chi connectivity index (χ1) is 10.6. The summed E-state index contributed by atoms with van der Waals surface area (Å²) in [5.41, 5.74) is 1.74. The van der Waals surface area contributed by atoms with Crippen LogP contribution in [0.25, 0.3) is 0 Å². The van der Waals surface area contributed by atoms with Crippen LogP contribution < -0.4 is 10.1 Å². The minimum Gasteiger partial charge on any atom is -0.494 e. The zero-order valence-corrected chi connectivity index (χ0v) is 13.6. The van der Waals surface area contributed by atoms with Crippen LogP contribution in [0.4, 0.5) is 0 Å². The number of nitrogens with one attached hydrogen (secondary N) is 1. The van der Waals surface area contributed by atoms with Gasteiger partial charge in [0, 0.05) is 16.6 Å². The smallest absolute Gasteiger partial charge is 0.251 e. The second-order valence-electron chi connectivity index (χ2n) is 5.17. The molecule has 4 heteroatoms. The van der Waals surface area contributed by atoms with E-state index in [0.717, 1.165) is 12.0 Å². The fraction of sp³-hybridized carbons (Fsp3) is 0.278. The van der Waals surface area contributed by atoms with Gasteiger partial charge in [0.2, 0.25) is 0 Å². The molecule has 0 aliphatic heterocycles. The highest BCUT2D eigenvalue weighted by Gasteiger charge is 2.11. The zero-order chi connectivity index (χ0) is 15.9. The van der Waals surface area contributed by atoms with Crippen LogP contribution in [-0.4, -0.2) is 18.6 Å². The molecule has 2 aromatic carbocycles. The van der Waals surface area contributed by atoms with Crippen molar-refractivity contribution < 1.29 is 9.53 Å². The molecule has 1 atom stereocenters. The van der Waals surface area contributed by atoms with E-state index < -0.39 is 0 Å². The molecule has 0 spiro atoms. The summed E-state index contributed by atoms with van der Waals surface area (Å²) in [5, 5.41) is 3.72. The minimum absolute atomic E-state index is 0.0319. The zero-order valence-electron chi connectivity index (χ0n) is 12.8. The highest BCUT2D eigenvalue weighted by atomic mass is 35.5. The molecular weight excluding hydrogens is 298 g/mol. The lowest BCUT2D eigenvalue weighted by Gasteiger charge is -2.14. The summed E-state index contributed by atoms with van der Waals surface area (Å²) in [6, 6.07) is 14.9. The van der Waals surface area contributed by atoms with E-state index in [1.165, 1.54) is 0 Å². The second kappa shape index (κ2) is 7.85. The lowest BCUT2D eigenvalue weighted by molar-refractivity contribution is 0.0939. The molecule has 1 amide bonds. The largest absolute Gasteiger partial charge is 0.494 e. The van der Waals surface area contributed by atoms with Crippen molar-refractivity contribution in [3.8, 4) is 5.75 Å². The number of rotatable bonds is 6. The van der Waals surface area contributed by atoms with Crippen molar-refractivity contribution in [3.63, 3.8) is 0 Å². The molecule has 3 nitrogen and oxygen atoms in total. The predicted octanol–water partition coefficient (Wildman–Crippen LogP) is 4.10. The van der Waals surface area contributed by atoms with Crippen LogP contribution in [0.1, 0.15) is 29.8 Å². The van der Waals surface area contributed by atoms with Gasteiger partial charge >= 0.3 is 0 Å². The second-order valence-corrected chi connectivity index (χ2v) is 5.60. The first-order valence-electron chi connectivity index (χ1n) is 7.36. The molecule has 0 aliphatic rings. The molecular formula is C18H20ClNO2. The van der Waals surface area contributed by atoms with Crippen molar-refractivity contribution in [2.24, 2.45) is 0 Å². The van der Waals surface area contributed by atoms with E-state index in [-0.39, 0.29) is 11.9 Å². The Morgan fingerprint density at radius 3 is 2.64 bits per heavy atom. The number of hydrogen-bond acceptors (Lipinski definition) is 2. The first-order valence-corrected chi connectivity index (χ1v) is 7.74. The number of carbonyl (C=O) groups is 1. The van der Waals surface area contributed by atoms with Crippen LogP contribution in [0, 0.1) is 0 Å². The molecule has 0 aromatic heterocycles. The number of halogens is 1. The average Bonchev–Trinajstić information content (AvgIpc) is 2.50. The van der Waals surface area contributed by atoms with Gasteiger partial charge in [-0.25, -0.2) is 0 Å². The molecule has 0 saturated carbocycles. The molecule has 2 rings (SSSR count). The van der Waals surface area contributed by atoms with Crippen molar-refractivity contribution in [3.05, 3.63) is 64.7 Å². The Bertz CT molecular complexity index is 625. The summed E-state index contributed by atoms with van der Waals surface area (Å²) in [6.45, 7) is 4.48. The third kappa shape index (κ3) is 4.78. The highest BCUT2D eigenvalue weighted by molar-refractivity contribution is 6.30. The molecule has 0 heterocycles. The van der Waals surface area contributed by atoms with Gasteiger partial charge in [0.1, 0.15) is 5.75 Å². The summed E-state index contributed by atoms with van der Waals surface area (Å²) < 4.78 is 5.42. The Labute approximate surface area is 136 Å². The molecule has 22 heavy (non-hydrogen) atoms. The standard InChI is InChI=1S/C18H20ClNO2/c1-3-22-17-6-4-5-15(12-17)18(21)20-13(2)11-14-7-9-16(19)10-8-14/h4-10,12-13H,3,11H2,1-2H3,(H,20,21). The van der Waals surface area contributed by atoms with Gasteiger partial charge in [-0.1, -0.05) is 29.8 Å². The number of ether oxygens (including phenoxy) is 1. The van der Waals surface area contributed by atoms with Crippen LogP contribution in [0.3, 0.4) is 0 Å². The van der Waals surface area contributed by atoms with Gasteiger partial charge in [0.05, 0.1) is 6.61 Å². The van der Waals surface area contributed by atoms with E-state index in [1.54, 1.807) is 12.1 Å². The molecule has 116 valence electrons. The summed E-state index contributed by atoms with van der Waals surface area (Å²) in [5.74, 6) is 0.614. The van der Waals surface area contributed by atoms with Crippen molar-refractivity contribution in [1.29, 1.82) is 0 Å². The molecule has 0 bridgehead atoms. The van der Waals surface area contributed by atoms with Crippen molar-refractivity contribution in [1.82, 2.24) is 5.32 Å². The maximum Gasteiger partial charge on any atom is 0.251 e. The van der Waals surface area contributed by atoms with Gasteiger partial charge in [-0.15, -0.1) is 0 Å². The van der Waals surface area contributed by atoms with Crippen LogP contribution >= 0.6 is 11.6 Å². The summed E-state index contributed by atoms with van der Waals surface area (Å²) in [4.78, 5) is 12.3. The van der Waals surface area contributed by atoms with Crippen molar-refractivity contribution in [2.75, 3.05) is 6.61 Å². The fourth-order valence-corrected chi connectivity index (χ4v) is 2.35. The fourth-order valence-electron chi connectivity index (χ4n) is 2.23. The molecule has 2 aromatic rings. The number of amides is 1. The quantitative estimate of drug-likeness (QED) is 0.871. The topological polar surface area (TPSA) is 38.3 Å². The number of carbonyl (C=O) groups excluding carboxylic acids is 1. The van der Waals surface area contributed by atoms with Crippen molar-refractivity contribution in [2.45, 2.75) is 26.3 Å². The van der Waals surface area contributed by atoms with Gasteiger partial charge in [-0.3, -0.25) is 4.79 Å². The monoisotopic (exact) mass is 317 g/mol. The summed E-state index contributed by atoms with van der Waals surface area (Å²) >= 11 is 5.87. The SMILES string of the molecule is CCOc1cccc(C(=O)NC(C)Cc2ccc(Cl)cc2)c1. The van der Waals surface area contributed by atoms with E-state index in [9.17, 15) is 4.79 Å². The maximum atomic E-state index is 12.3. The van der Waals surface area contributed by atoms with E-state index >= 15 is 0 Å². The van der Waals surface area contributed by atoms with Crippen LogP contribution in [0.2, 0.25) is 5.02 Å². The van der Waals surface area contributed by atoms with Crippen LogP contribution in [0.15, 0.2) is 48.5 Å². The lowest BCUT2D eigenvalue weighted by atomic mass is 10.1. The number of hydrogen-bond donors (Lipinski definition) is 1. The molecule has 0 aliphatic carbocycles. The van der Waals surface area contributed by atoms with Gasteiger partial charge in [-0.05, 0) is 56.2 Å². The highest BCUT2D eigenvalue weighted by Crippen LogP contribution is 2.14. The predicted molar refractivity (Wildman–Crippen MR) is 89.7 cm³/mol. The maximum absolute atomic E-state index is 12.3. The first kappa shape index (κ1) is 16.4. The minimum atomic E-state index is -0.0944. The Hall–Kier alpha value is -2.00. The third-order valence-corrected chi connectivity index (χ3v) is 3.49. The molecule has 0 saturated heterocycles. The Morgan fingerprint density at radius 1 is 1.23 bits per heavy atom. The number of benzene rings is 2. The van der Waals surface area contributed by atoms with E-state index in [4.69, 9.17) is 16.3 Å². The summed E-state index contributed by atoms with van der Waals surface area (Å²) in [7, 11) is 0. The van der Waals surface area contributed by atoms with E-state index in [0.29, 0.717) is 22.9 Å².